The average molecular weight is 311 g/mol. The van der Waals surface area contributed by atoms with Crippen LogP contribution in [0.5, 0.6) is 0 Å². The van der Waals surface area contributed by atoms with Crippen LogP contribution in [0.25, 0.3) is 34.7 Å². The highest BCUT2D eigenvalue weighted by Crippen LogP contribution is 2.30. The predicted octanol–water partition coefficient (Wildman–Crippen LogP) is 5.02. The fourth-order valence-electron chi connectivity index (χ4n) is 3.49. The third kappa shape index (κ3) is 1.81. The standard InChI is InChI=1S/C21H17N3/c1-15-12-13-19-20(14-15)24-18-11-7-3-6-10-17(18)22-21(24)23(19)16-8-4-2-5-9-16/h2,4-14H,3H2,1H3. The molecule has 3 nitrogen and oxygen atoms in total. The van der Waals surface area contributed by atoms with Crippen molar-refractivity contribution in [3.8, 4) is 5.69 Å². The van der Waals surface area contributed by atoms with E-state index in [1.807, 2.05) is 6.07 Å². The number of aryl methyl sites for hydroxylation is 1. The van der Waals surface area contributed by atoms with E-state index in [0.29, 0.717) is 0 Å². The third-order valence-corrected chi connectivity index (χ3v) is 4.57. The first-order valence-electron chi connectivity index (χ1n) is 8.25. The number of allylic oxidation sites excluding steroid dienone is 2. The molecule has 3 heteroatoms. The molecule has 0 spiro atoms. The zero-order valence-electron chi connectivity index (χ0n) is 13.5. The van der Waals surface area contributed by atoms with Crippen molar-refractivity contribution in [2.75, 3.05) is 0 Å². The van der Waals surface area contributed by atoms with Gasteiger partial charge in [-0.1, -0.05) is 36.4 Å². The van der Waals surface area contributed by atoms with Crippen molar-refractivity contribution in [1.29, 1.82) is 0 Å². The molecule has 4 aromatic rings. The number of hydrogen-bond acceptors (Lipinski definition) is 1. The van der Waals surface area contributed by atoms with E-state index in [0.717, 1.165) is 29.3 Å². The minimum Gasteiger partial charge on any atom is -0.278 e. The lowest BCUT2D eigenvalue weighted by Gasteiger charge is -2.04. The molecule has 2 heterocycles. The van der Waals surface area contributed by atoms with E-state index in [-0.39, 0.29) is 0 Å². The molecule has 0 amide bonds. The van der Waals surface area contributed by atoms with Gasteiger partial charge in [0.1, 0.15) is 0 Å². The minimum atomic E-state index is 0.953. The summed E-state index contributed by atoms with van der Waals surface area (Å²) >= 11 is 0. The number of benzene rings is 2. The molecule has 5 rings (SSSR count). The molecule has 1 aliphatic rings. The van der Waals surface area contributed by atoms with E-state index in [9.17, 15) is 0 Å². The molecule has 0 atom stereocenters. The van der Waals surface area contributed by atoms with Gasteiger partial charge in [0.05, 0.1) is 22.4 Å². The Morgan fingerprint density at radius 3 is 2.62 bits per heavy atom. The zero-order valence-corrected chi connectivity index (χ0v) is 13.5. The molecule has 1 aliphatic carbocycles. The molecule has 0 saturated heterocycles. The van der Waals surface area contributed by atoms with Crippen molar-refractivity contribution in [3.63, 3.8) is 0 Å². The maximum Gasteiger partial charge on any atom is 0.220 e. The van der Waals surface area contributed by atoms with Crippen LogP contribution in [0.15, 0.2) is 60.7 Å². The Labute approximate surface area is 140 Å². The second-order valence-corrected chi connectivity index (χ2v) is 6.22. The molecule has 24 heavy (non-hydrogen) atoms. The maximum absolute atomic E-state index is 4.94. The van der Waals surface area contributed by atoms with Crippen molar-refractivity contribution in [2.45, 2.75) is 13.3 Å². The second kappa shape index (κ2) is 4.96. The van der Waals surface area contributed by atoms with Crippen LogP contribution in [0.2, 0.25) is 0 Å². The Balaban J connectivity index is 1.99. The summed E-state index contributed by atoms with van der Waals surface area (Å²) in [5.74, 6) is 0.961. The van der Waals surface area contributed by atoms with Gasteiger partial charge in [-0.15, -0.1) is 0 Å². The Morgan fingerprint density at radius 1 is 0.917 bits per heavy atom. The lowest BCUT2D eigenvalue weighted by Crippen LogP contribution is -1.94. The summed E-state index contributed by atoms with van der Waals surface area (Å²) in [5, 5.41) is 0. The summed E-state index contributed by atoms with van der Waals surface area (Å²) in [5.41, 5.74) is 6.96. The van der Waals surface area contributed by atoms with Crippen LogP contribution >= 0.6 is 0 Å². The lowest BCUT2D eigenvalue weighted by molar-refractivity contribution is 1.10. The van der Waals surface area contributed by atoms with E-state index >= 15 is 0 Å². The van der Waals surface area contributed by atoms with Gasteiger partial charge in [0.15, 0.2) is 0 Å². The van der Waals surface area contributed by atoms with Gasteiger partial charge in [0.25, 0.3) is 0 Å². The van der Waals surface area contributed by atoms with Gasteiger partial charge in [-0.2, -0.15) is 0 Å². The topological polar surface area (TPSA) is 22.2 Å². The van der Waals surface area contributed by atoms with Crippen LogP contribution in [0.3, 0.4) is 0 Å². The Morgan fingerprint density at radius 2 is 1.75 bits per heavy atom. The van der Waals surface area contributed by atoms with Crippen LogP contribution in [0, 0.1) is 6.92 Å². The molecule has 0 saturated carbocycles. The largest absolute Gasteiger partial charge is 0.278 e. The van der Waals surface area contributed by atoms with Gasteiger partial charge in [0.2, 0.25) is 5.78 Å². The number of fused-ring (bicyclic) bond motifs is 5. The van der Waals surface area contributed by atoms with Crippen LogP contribution in [0.1, 0.15) is 23.4 Å². The molecule has 0 fully saturated rings. The monoisotopic (exact) mass is 311 g/mol. The Kier molecular flexibility index (Phi) is 2.77. The molecular weight excluding hydrogens is 294 g/mol. The van der Waals surface area contributed by atoms with Crippen LogP contribution in [0.4, 0.5) is 0 Å². The number of nitrogens with zero attached hydrogens (tertiary/aromatic N) is 3. The van der Waals surface area contributed by atoms with Crippen molar-refractivity contribution >= 4 is 29.0 Å². The van der Waals surface area contributed by atoms with Crippen LogP contribution < -0.4 is 0 Å². The molecule has 2 aromatic heterocycles. The average Bonchev–Trinajstić information content (AvgIpc) is 3.00. The molecule has 116 valence electrons. The van der Waals surface area contributed by atoms with E-state index < -0.39 is 0 Å². The summed E-state index contributed by atoms with van der Waals surface area (Å²) in [6.45, 7) is 2.14. The van der Waals surface area contributed by atoms with E-state index in [2.05, 4.69) is 82.7 Å². The van der Waals surface area contributed by atoms with Crippen LogP contribution in [-0.4, -0.2) is 14.0 Å². The number of para-hydroxylation sites is 1. The van der Waals surface area contributed by atoms with Gasteiger partial charge in [-0.05, 0) is 55.3 Å². The Hall–Kier alpha value is -3.07. The van der Waals surface area contributed by atoms with Crippen molar-refractivity contribution in [1.82, 2.24) is 14.0 Å². The molecule has 0 aliphatic heterocycles. The van der Waals surface area contributed by atoms with Crippen molar-refractivity contribution in [3.05, 3.63) is 77.6 Å². The van der Waals surface area contributed by atoms with Gasteiger partial charge in [0, 0.05) is 5.69 Å². The normalized spacial score (nSPS) is 13.5. The van der Waals surface area contributed by atoms with E-state index in [4.69, 9.17) is 4.98 Å². The number of aromatic nitrogens is 3. The van der Waals surface area contributed by atoms with E-state index in [1.165, 1.54) is 16.6 Å². The summed E-state index contributed by atoms with van der Waals surface area (Å²) < 4.78 is 4.52. The highest BCUT2D eigenvalue weighted by molar-refractivity contribution is 5.87. The molecule has 0 unspecified atom stereocenters. The molecule has 0 bridgehead atoms. The number of hydrogen-bond donors (Lipinski definition) is 0. The maximum atomic E-state index is 4.94. The molecular formula is C21H17N3. The quantitative estimate of drug-likeness (QED) is 0.484. The SMILES string of the molecule is Cc1ccc2c(c1)n1c3c(nc1n2-c1ccccc1)C=CCC=C3. The summed E-state index contributed by atoms with van der Waals surface area (Å²) in [6.07, 6.45) is 9.62. The molecule has 0 N–H and O–H groups in total. The molecule has 0 radical (unpaired) electrons. The first-order chi connectivity index (χ1) is 11.8. The lowest BCUT2D eigenvalue weighted by atomic mass is 10.2. The van der Waals surface area contributed by atoms with Gasteiger partial charge in [-0.25, -0.2) is 4.98 Å². The zero-order chi connectivity index (χ0) is 16.1. The van der Waals surface area contributed by atoms with Crippen molar-refractivity contribution in [2.24, 2.45) is 0 Å². The smallest absolute Gasteiger partial charge is 0.220 e. The van der Waals surface area contributed by atoms with Gasteiger partial charge >= 0.3 is 0 Å². The van der Waals surface area contributed by atoms with Crippen LogP contribution in [-0.2, 0) is 0 Å². The van der Waals surface area contributed by atoms with Gasteiger partial charge in [-0.3, -0.25) is 8.97 Å². The number of imidazole rings is 2. The van der Waals surface area contributed by atoms with Gasteiger partial charge < -0.3 is 0 Å². The highest BCUT2D eigenvalue weighted by atomic mass is 15.2. The second-order valence-electron chi connectivity index (χ2n) is 6.22. The summed E-state index contributed by atoms with van der Waals surface area (Å²) in [6, 6.07) is 17.0. The summed E-state index contributed by atoms with van der Waals surface area (Å²) in [4.78, 5) is 4.94. The van der Waals surface area contributed by atoms with E-state index in [1.54, 1.807) is 0 Å². The third-order valence-electron chi connectivity index (χ3n) is 4.57. The fourth-order valence-corrected chi connectivity index (χ4v) is 3.49. The minimum absolute atomic E-state index is 0.953. The fraction of sp³-hybridized carbons (Fsp3) is 0.0952. The van der Waals surface area contributed by atoms with Crippen molar-refractivity contribution < 1.29 is 0 Å². The number of rotatable bonds is 1. The highest BCUT2D eigenvalue weighted by Gasteiger charge is 2.19. The molecule has 2 aromatic carbocycles. The Bertz CT molecular complexity index is 1120. The predicted molar refractivity (Wildman–Crippen MR) is 99.4 cm³/mol. The summed E-state index contributed by atoms with van der Waals surface area (Å²) in [7, 11) is 0. The first-order valence-corrected chi connectivity index (χ1v) is 8.25. The first kappa shape index (κ1) is 13.4.